The molecule has 0 aromatic rings. The number of hydrogen-bond acceptors (Lipinski definition) is 0. The van der Waals surface area contributed by atoms with E-state index in [-0.39, 0.29) is 0 Å². The van der Waals surface area contributed by atoms with Gasteiger partial charge in [-0.2, -0.15) is 0 Å². The molecule has 0 bridgehead atoms. The predicted molar refractivity (Wildman–Crippen MR) is 230 cm³/mol. The van der Waals surface area contributed by atoms with Gasteiger partial charge in [0, 0.05) is 0 Å². The van der Waals surface area contributed by atoms with E-state index in [1.54, 1.807) is 0 Å². The van der Waals surface area contributed by atoms with Crippen molar-refractivity contribution in [3.63, 3.8) is 0 Å². The van der Waals surface area contributed by atoms with Gasteiger partial charge < -0.3 is 0 Å². The second kappa shape index (κ2) is 23.0. The lowest BCUT2D eigenvalue weighted by molar-refractivity contribution is 0.207. The van der Waals surface area contributed by atoms with Gasteiger partial charge in [0.15, 0.2) is 0 Å². The second-order valence-corrected chi connectivity index (χ2v) is 24.6. The molecule has 0 aromatic carbocycles. The van der Waals surface area contributed by atoms with Gasteiger partial charge in [-0.3, -0.25) is 0 Å². The molecule has 0 N–H and O–H groups in total. The van der Waals surface area contributed by atoms with Gasteiger partial charge in [0.1, 0.15) is 0 Å². The van der Waals surface area contributed by atoms with E-state index in [9.17, 15) is 0 Å². The minimum Gasteiger partial charge on any atom is -0.0602 e. The first-order chi connectivity index (χ1) is 22.9. The first-order valence-corrected chi connectivity index (χ1v) is 22.9. The Morgan fingerprint density at radius 1 is 0.220 bits per heavy atom. The highest BCUT2D eigenvalue weighted by molar-refractivity contribution is 4.79. The lowest BCUT2D eigenvalue weighted by Gasteiger charge is -2.31. The van der Waals surface area contributed by atoms with E-state index >= 15 is 0 Å². The highest BCUT2D eigenvalue weighted by atomic mass is 14.3. The van der Waals surface area contributed by atoms with Gasteiger partial charge in [-0.15, -0.1) is 0 Å². The maximum atomic E-state index is 2.37. The van der Waals surface area contributed by atoms with Crippen LogP contribution in [-0.2, 0) is 0 Å². The van der Waals surface area contributed by atoms with Gasteiger partial charge in [0.2, 0.25) is 0 Å². The third-order valence-electron chi connectivity index (χ3n) is 11.6. The molecule has 0 aromatic heterocycles. The van der Waals surface area contributed by atoms with Crippen molar-refractivity contribution in [2.75, 3.05) is 0 Å². The second-order valence-electron chi connectivity index (χ2n) is 24.6. The summed E-state index contributed by atoms with van der Waals surface area (Å²) in [4.78, 5) is 0. The zero-order valence-corrected chi connectivity index (χ0v) is 38.1. The monoisotopic (exact) mass is 701 g/mol. The first kappa shape index (κ1) is 48.0. The van der Waals surface area contributed by atoms with Crippen molar-refractivity contribution in [2.24, 2.45) is 56.7 Å². The Kier molecular flexibility index (Phi) is 22.1. The summed E-state index contributed by atoms with van der Waals surface area (Å²) in [5.74, 6) is 5.30. The molecule has 0 amide bonds. The molecule has 0 heteroatoms. The molecule has 0 nitrogen and oxygen atoms in total. The third kappa shape index (κ3) is 31.5. The Balaban J connectivity index is 0.000000314. The van der Waals surface area contributed by atoms with Gasteiger partial charge in [-0.05, 0) is 88.8 Å². The summed E-state index contributed by atoms with van der Waals surface area (Å²) in [7, 11) is 0. The van der Waals surface area contributed by atoms with Crippen molar-refractivity contribution in [3.05, 3.63) is 0 Å². The van der Waals surface area contributed by atoms with Crippen LogP contribution in [0.5, 0.6) is 0 Å². The molecule has 5 rings (SSSR count). The molecule has 5 aliphatic rings. The quantitative estimate of drug-likeness (QED) is 0.250. The maximum absolute atomic E-state index is 2.37. The topological polar surface area (TPSA) is 0 Å². The largest absolute Gasteiger partial charge is 0.0602 e. The summed E-state index contributed by atoms with van der Waals surface area (Å²) in [6, 6.07) is 0. The number of rotatable bonds is 5. The Morgan fingerprint density at radius 2 is 0.380 bits per heavy atom. The van der Waals surface area contributed by atoms with E-state index < -0.39 is 0 Å². The summed E-state index contributed by atoms with van der Waals surface area (Å²) < 4.78 is 0. The highest BCUT2D eigenvalue weighted by Gasteiger charge is 2.27. The summed E-state index contributed by atoms with van der Waals surface area (Å²) in [6.07, 6.45) is 37.0. The van der Waals surface area contributed by atoms with Crippen LogP contribution in [0, 0.1) is 56.7 Å². The van der Waals surface area contributed by atoms with E-state index in [2.05, 4.69) is 104 Å². The Morgan fingerprint density at radius 3 is 0.520 bits per heavy atom. The molecule has 0 atom stereocenters. The summed E-state index contributed by atoms with van der Waals surface area (Å²) in [5.41, 5.74) is 2.83. The predicted octanol–water partition coefficient (Wildman–Crippen LogP) is 18.1. The van der Waals surface area contributed by atoms with Crippen LogP contribution < -0.4 is 0 Å². The van der Waals surface area contributed by atoms with E-state index in [0.717, 1.165) is 29.6 Å². The lowest BCUT2D eigenvalue weighted by atomic mass is 9.74. The molecule has 0 aliphatic heterocycles. The number of hydrogen-bond donors (Lipinski definition) is 0. The van der Waals surface area contributed by atoms with Crippen molar-refractivity contribution in [1.29, 1.82) is 0 Å². The zero-order chi connectivity index (χ0) is 38.1. The molecule has 0 radical (unpaired) electrons. The minimum absolute atomic E-state index is 0.551. The summed E-state index contributed by atoms with van der Waals surface area (Å²) in [6.45, 7) is 35.3. The Bertz CT molecular complexity index is 783. The first-order valence-electron chi connectivity index (χ1n) is 22.9. The van der Waals surface area contributed by atoms with Crippen LogP contribution in [0.1, 0.15) is 264 Å². The summed E-state index contributed by atoms with van der Waals surface area (Å²) in [5, 5.41) is 0. The van der Waals surface area contributed by atoms with Crippen LogP contribution in [0.4, 0.5) is 0 Å². The molecule has 0 unspecified atom stereocenters. The normalized spacial score (nSPS) is 21.9. The third-order valence-corrected chi connectivity index (χ3v) is 11.6. The molecule has 5 saturated carbocycles. The molecule has 5 aliphatic carbocycles. The molecule has 5 fully saturated rings. The molecular formula is C50H100. The smallest absolute Gasteiger partial charge is 0.0380 e. The molecule has 300 valence electrons. The van der Waals surface area contributed by atoms with Crippen molar-refractivity contribution < 1.29 is 0 Å². The molecule has 0 spiro atoms. The maximum Gasteiger partial charge on any atom is -0.0380 e. The minimum atomic E-state index is 0.551. The zero-order valence-electron chi connectivity index (χ0n) is 38.1. The fraction of sp³-hybridized carbons (Fsp3) is 1.00. The molecule has 0 saturated heterocycles. The van der Waals surface area contributed by atoms with Crippen LogP contribution in [0.2, 0.25) is 0 Å². The Hall–Kier alpha value is 0. The van der Waals surface area contributed by atoms with Gasteiger partial charge >= 0.3 is 0 Å². The summed E-state index contributed by atoms with van der Waals surface area (Å²) >= 11 is 0. The van der Waals surface area contributed by atoms with Crippen LogP contribution in [-0.4, -0.2) is 0 Å². The van der Waals surface area contributed by atoms with E-state index in [4.69, 9.17) is 0 Å². The molecular weight excluding hydrogens is 601 g/mol. The molecule has 50 heavy (non-hydrogen) atoms. The van der Waals surface area contributed by atoms with Crippen molar-refractivity contribution >= 4 is 0 Å². The van der Waals surface area contributed by atoms with E-state index in [1.165, 1.54) is 161 Å². The SMILES string of the molecule is CC(C)(C)CC1CC1.CC(C)(C)CC1CCC1.CC(C)(C)CC1CCCC1.CC(C)(C)CC1CCCCC1.CC(C)(C)CC1CCCCCC1. The van der Waals surface area contributed by atoms with Crippen molar-refractivity contribution in [2.45, 2.75) is 264 Å². The fourth-order valence-corrected chi connectivity index (χ4v) is 9.52. The lowest BCUT2D eigenvalue weighted by Crippen LogP contribution is -2.18. The van der Waals surface area contributed by atoms with Gasteiger partial charge in [0.25, 0.3) is 0 Å². The van der Waals surface area contributed by atoms with Crippen LogP contribution >= 0.6 is 0 Å². The van der Waals surface area contributed by atoms with Crippen LogP contribution in [0.25, 0.3) is 0 Å². The van der Waals surface area contributed by atoms with Crippen molar-refractivity contribution in [1.82, 2.24) is 0 Å². The van der Waals surface area contributed by atoms with Gasteiger partial charge in [0.05, 0.1) is 0 Å². The van der Waals surface area contributed by atoms with E-state index in [1.807, 2.05) is 0 Å². The Labute approximate surface area is 320 Å². The van der Waals surface area contributed by atoms with Crippen LogP contribution in [0.3, 0.4) is 0 Å². The average molecular weight is 701 g/mol. The van der Waals surface area contributed by atoms with Gasteiger partial charge in [-0.25, -0.2) is 0 Å². The van der Waals surface area contributed by atoms with E-state index in [0.29, 0.717) is 27.1 Å². The van der Waals surface area contributed by atoms with Crippen molar-refractivity contribution in [3.8, 4) is 0 Å². The van der Waals surface area contributed by atoms with Crippen LogP contribution in [0.15, 0.2) is 0 Å². The standard InChI is InChI=1S/C12H24.C11H22.C10H20.C9H18.C8H16/c1-12(2,3)10-11-8-6-4-5-7-9-11;1-11(2,3)9-10-7-5-4-6-8-10;1-10(2,3)8-9-6-4-5-7-9;1-9(2,3)7-8-5-4-6-8;1-8(2,3)6-7-4-5-7/h11H,4-10H2,1-3H3;10H,4-9H2,1-3H3;9H,4-8H2,1-3H3;8H,4-7H2,1-3H3;7H,4-6H2,1-3H3. The average Bonchev–Trinajstić information content (AvgIpc) is 3.63. The fourth-order valence-electron chi connectivity index (χ4n) is 9.52. The molecule has 0 heterocycles. The highest BCUT2D eigenvalue weighted by Crippen LogP contribution is 2.40. The van der Waals surface area contributed by atoms with Gasteiger partial charge in [-0.1, -0.05) is 232 Å².